The van der Waals surface area contributed by atoms with Gasteiger partial charge in [0.25, 0.3) is 5.91 Å². The maximum absolute atomic E-state index is 14.6. The molecule has 1 saturated carbocycles. The molecule has 0 aliphatic heterocycles. The van der Waals surface area contributed by atoms with E-state index in [9.17, 15) is 35.9 Å². The summed E-state index contributed by atoms with van der Waals surface area (Å²) in [7, 11) is 0. The monoisotopic (exact) mass is 500 g/mol. The van der Waals surface area contributed by atoms with Crippen LogP contribution in [0.5, 0.6) is 0 Å². The third kappa shape index (κ3) is 4.94. The number of nitrogens with zero attached hydrogens (tertiary/aromatic N) is 2. The average Bonchev–Trinajstić information content (AvgIpc) is 3.61. The van der Waals surface area contributed by atoms with Crippen molar-refractivity contribution in [3.63, 3.8) is 0 Å². The van der Waals surface area contributed by atoms with Gasteiger partial charge in [0.15, 0.2) is 17.3 Å². The molecular weight excluding hydrogens is 482 g/mol. The summed E-state index contributed by atoms with van der Waals surface area (Å²) in [6.45, 7) is -0.239. The van der Waals surface area contributed by atoms with Crippen molar-refractivity contribution in [3.05, 3.63) is 63.7 Å². The van der Waals surface area contributed by atoms with Gasteiger partial charge >= 0.3 is 6.18 Å². The molecule has 4 rings (SSSR count). The summed E-state index contributed by atoms with van der Waals surface area (Å²) in [6, 6.07) is 0.983. The minimum absolute atomic E-state index is 0.0441. The maximum atomic E-state index is 14.6. The third-order valence-electron chi connectivity index (χ3n) is 5.47. The number of benzene rings is 1. The lowest BCUT2D eigenvalue weighted by molar-refractivity contribution is -0.158. The fourth-order valence-electron chi connectivity index (χ4n) is 3.70. The van der Waals surface area contributed by atoms with Gasteiger partial charge in [0.2, 0.25) is 5.43 Å². The van der Waals surface area contributed by atoms with Gasteiger partial charge in [0, 0.05) is 24.9 Å². The number of rotatable bonds is 7. The number of fused-ring (bicyclic) bond motifs is 1. The van der Waals surface area contributed by atoms with E-state index in [0.717, 1.165) is 0 Å². The topological polar surface area (TPSA) is 96.2 Å². The highest BCUT2D eigenvalue weighted by Crippen LogP contribution is 2.40. The molecule has 7 nitrogen and oxygen atoms in total. The first-order valence-corrected chi connectivity index (χ1v) is 10.4. The van der Waals surface area contributed by atoms with Crippen LogP contribution < -0.4 is 16.1 Å². The van der Waals surface area contributed by atoms with E-state index < -0.39 is 58.2 Å². The van der Waals surface area contributed by atoms with E-state index >= 15 is 0 Å². The molecule has 1 aliphatic carbocycles. The Bertz CT molecular complexity index is 1330. The van der Waals surface area contributed by atoms with Gasteiger partial charge in [-0.25, -0.2) is 18.2 Å². The van der Waals surface area contributed by atoms with Crippen molar-refractivity contribution in [3.8, 4) is 5.69 Å². The Morgan fingerprint density at radius 2 is 1.83 bits per heavy atom. The number of hydrogen-bond donors (Lipinski definition) is 3. The van der Waals surface area contributed by atoms with E-state index in [-0.39, 0.29) is 42.8 Å². The third-order valence-corrected chi connectivity index (χ3v) is 5.47. The van der Waals surface area contributed by atoms with Crippen molar-refractivity contribution in [1.29, 1.82) is 0 Å². The van der Waals surface area contributed by atoms with Crippen molar-refractivity contribution >= 4 is 22.8 Å². The Morgan fingerprint density at radius 3 is 2.40 bits per heavy atom. The summed E-state index contributed by atoms with van der Waals surface area (Å²) in [6.07, 6.45) is -3.61. The minimum Gasteiger partial charge on any atom is -0.395 e. The van der Waals surface area contributed by atoms with Gasteiger partial charge in [-0.3, -0.25) is 14.2 Å². The lowest BCUT2D eigenvalue weighted by Gasteiger charge is -2.21. The Labute approximate surface area is 193 Å². The average molecular weight is 500 g/mol. The molecule has 2 heterocycles. The zero-order valence-corrected chi connectivity index (χ0v) is 17.8. The summed E-state index contributed by atoms with van der Waals surface area (Å²) in [5.41, 5.74) is -3.08. The molecule has 35 heavy (non-hydrogen) atoms. The molecule has 1 fully saturated rings. The maximum Gasteiger partial charge on any atom is 0.408 e. The van der Waals surface area contributed by atoms with E-state index in [1.807, 2.05) is 5.32 Å². The molecule has 0 bridgehead atoms. The number of aliphatic hydroxyl groups is 1. The predicted octanol–water partition coefficient (Wildman–Crippen LogP) is 3.28. The molecule has 0 radical (unpaired) electrons. The molecule has 0 saturated heterocycles. The summed E-state index contributed by atoms with van der Waals surface area (Å²) in [4.78, 5) is 29.9. The van der Waals surface area contributed by atoms with Crippen molar-refractivity contribution in [2.45, 2.75) is 25.1 Å². The smallest absolute Gasteiger partial charge is 0.395 e. The van der Waals surface area contributed by atoms with Gasteiger partial charge in [-0.05, 0) is 30.9 Å². The lowest BCUT2D eigenvalue weighted by Crippen LogP contribution is -2.48. The predicted molar refractivity (Wildman–Crippen MR) is 113 cm³/mol. The number of aliphatic hydroxyl groups excluding tert-OH is 1. The molecule has 13 heteroatoms. The fraction of sp³-hybridized carbons (Fsp3) is 0.318. The van der Waals surface area contributed by atoms with Crippen LogP contribution in [0.15, 0.2) is 35.3 Å². The van der Waals surface area contributed by atoms with Gasteiger partial charge in [-0.15, -0.1) is 0 Å². The molecule has 1 amide bonds. The lowest BCUT2D eigenvalue weighted by atomic mass is 10.1. The number of nitrogens with one attached hydrogen (secondary N) is 2. The molecule has 2 aromatic heterocycles. The zero-order valence-electron chi connectivity index (χ0n) is 17.8. The number of alkyl halides is 3. The molecule has 3 N–H and O–H groups in total. The van der Waals surface area contributed by atoms with E-state index in [1.54, 1.807) is 0 Å². The molecule has 1 unspecified atom stereocenters. The first-order chi connectivity index (χ1) is 16.5. The van der Waals surface area contributed by atoms with E-state index in [0.29, 0.717) is 22.9 Å². The van der Waals surface area contributed by atoms with Crippen LogP contribution in [0.2, 0.25) is 0 Å². The van der Waals surface area contributed by atoms with Crippen molar-refractivity contribution in [2.75, 3.05) is 18.5 Å². The largest absolute Gasteiger partial charge is 0.408 e. The van der Waals surface area contributed by atoms with Crippen molar-refractivity contribution in [2.24, 2.45) is 5.92 Å². The number of amides is 1. The second-order valence-corrected chi connectivity index (χ2v) is 8.01. The molecular formula is C22H18F6N4O3. The van der Waals surface area contributed by atoms with Crippen molar-refractivity contribution in [1.82, 2.24) is 14.9 Å². The molecule has 1 aromatic carbocycles. The molecule has 1 atom stereocenters. The van der Waals surface area contributed by atoms with Gasteiger partial charge in [0.1, 0.15) is 28.9 Å². The summed E-state index contributed by atoms with van der Waals surface area (Å²) in [5.74, 6) is -6.17. The van der Waals surface area contributed by atoms with Crippen LogP contribution in [0.25, 0.3) is 16.7 Å². The number of carbonyl (C=O) groups is 1. The first-order valence-electron chi connectivity index (χ1n) is 10.4. The number of anilines is 1. The van der Waals surface area contributed by atoms with Crippen LogP contribution in [0, 0.1) is 23.4 Å². The number of hydrogen-bond acceptors (Lipinski definition) is 5. The Hall–Kier alpha value is -3.61. The van der Waals surface area contributed by atoms with Crippen LogP contribution in [0.3, 0.4) is 0 Å². The highest BCUT2D eigenvalue weighted by molar-refractivity contribution is 5.97. The highest BCUT2D eigenvalue weighted by atomic mass is 19.4. The van der Waals surface area contributed by atoms with Gasteiger partial charge < -0.3 is 15.7 Å². The number of pyridine rings is 2. The normalized spacial score (nSPS) is 14.7. The van der Waals surface area contributed by atoms with Crippen LogP contribution >= 0.6 is 0 Å². The van der Waals surface area contributed by atoms with Crippen LogP contribution in [0.1, 0.15) is 23.2 Å². The van der Waals surface area contributed by atoms with E-state index in [2.05, 4.69) is 10.3 Å². The quantitative estimate of drug-likeness (QED) is 0.433. The van der Waals surface area contributed by atoms with Crippen LogP contribution in [-0.2, 0) is 0 Å². The second-order valence-electron chi connectivity index (χ2n) is 8.01. The van der Waals surface area contributed by atoms with Gasteiger partial charge in [0.05, 0.1) is 12.0 Å². The Morgan fingerprint density at radius 1 is 1.17 bits per heavy atom. The van der Waals surface area contributed by atoms with Crippen LogP contribution in [0.4, 0.5) is 32.2 Å². The second kappa shape index (κ2) is 9.21. The van der Waals surface area contributed by atoms with E-state index in [1.165, 1.54) is 12.1 Å². The summed E-state index contributed by atoms with van der Waals surface area (Å²) >= 11 is 0. The fourth-order valence-corrected chi connectivity index (χ4v) is 3.70. The van der Waals surface area contributed by atoms with Gasteiger partial charge in [-0.2, -0.15) is 13.2 Å². The summed E-state index contributed by atoms with van der Waals surface area (Å²) < 4.78 is 83.7. The first kappa shape index (κ1) is 24.5. The Balaban J connectivity index is 1.91. The SMILES string of the molecule is O=C(NC(C1CC1)C(F)(F)F)c1cn(-c2c(F)cc(F)cc2F)c2nc(NCCO)ccc2c1=O. The Kier molecular flexibility index (Phi) is 6.45. The van der Waals surface area contributed by atoms with Crippen LogP contribution in [-0.4, -0.2) is 45.9 Å². The zero-order chi connectivity index (χ0) is 25.5. The highest BCUT2D eigenvalue weighted by Gasteiger charge is 2.49. The molecule has 186 valence electrons. The minimum atomic E-state index is -4.77. The number of halogens is 6. The standard InChI is InChI=1S/C22H18F6N4O3/c23-11-7-14(24)17(15(25)8-11)32-9-13(21(35)31-19(10-1-2-10)22(26,27)28)18(34)12-3-4-16(29-5-6-33)30-20(12)32/h3-4,7-10,19,33H,1-2,5-6H2,(H,29,30)(H,31,35). The molecule has 0 spiro atoms. The number of carbonyl (C=O) groups excluding carboxylic acids is 1. The van der Waals surface area contributed by atoms with E-state index in [4.69, 9.17) is 5.11 Å². The number of aromatic nitrogens is 2. The molecule has 1 aliphatic rings. The molecule has 3 aromatic rings. The van der Waals surface area contributed by atoms with Gasteiger partial charge in [-0.1, -0.05) is 0 Å². The summed E-state index contributed by atoms with van der Waals surface area (Å²) in [5, 5.41) is 13.2. The van der Waals surface area contributed by atoms with Crippen molar-refractivity contribution < 1.29 is 36.2 Å².